The fourth-order valence-corrected chi connectivity index (χ4v) is 5.18. The molecular weight excluding hydrogens is 352 g/mol. The van der Waals surface area contributed by atoms with Crippen molar-refractivity contribution >= 4 is 46.8 Å². The predicted octanol–water partition coefficient (Wildman–Crippen LogP) is 3.15. The lowest BCUT2D eigenvalue weighted by Crippen LogP contribution is -2.48. The second-order valence-corrected chi connectivity index (χ2v) is 9.16. The van der Waals surface area contributed by atoms with E-state index in [2.05, 4.69) is 34.7 Å². The van der Waals surface area contributed by atoms with Gasteiger partial charge >= 0.3 is 6.03 Å². The molecule has 1 fully saturated rings. The second kappa shape index (κ2) is 9.48. The first-order valence-electron chi connectivity index (χ1n) is 7.78. The van der Waals surface area contributed by atoms with E-state index >= 15 is 0 Å². The highest BCUT2D eigenvalue weighted by atomic mass is 32.2. The Labute approximate surface area is 149 Å². The van der Waals surface area contributed by atoms with Crippen LogP contribution < -0.4 is 10.6 Å². The molecule has 0 saturated heterocycles. The highest BCUT2D eigenvalue weighted by Gasteiger charge is 2.23. The molecule has 2 atom stereocenters. The maximum Gasteiger partial charge on any atom is 0.321 e. The molecule has 0 bridgehead atoms. The van der Waals surface area contributed by atoms with Gasteiger partial charge in [0.15, 0.2) is 8.68 Å². The van der Waals surface area contributed by atoms with Crippen LogP contribution in [0.1, 0.15) is 39.5 Å². The summed E-state index contributed by atoms with van der Waals surface area (Å²) in [6, 6.07) is -0.227. The Kier molecular flexibility index (Phi) is 7.64. The summed E-state index contributed by atoms with van der Waals surface area (Å²) >= 11 is 4.40. The number of aromatic nitrogens is 2. The number of nitrogens with zero attached hydrogens (tertiary/aromatic N) is 2. The van der Waals surface area contributed by atoms with Gasteiger partial charge in [-0.15, -0.1) is 10.2 Å². The molecular formula is C14H22N4O2S3. The maximum absolute atomic E-state index is 11.9. The van der Waals surface area contributed by atoms with E-state index in [1.807, 2.05) is 0 Å². The van der Waals surface area contributed by atoms with Crippen molar-refractivity contribution in [1.82, 2.24) is 20.8 Å². The third kappa shape index (κ3) is 6.31. The number of amides is 3. The van der Waals surface area contributed by atoms with E-state index in [0.29, 0.717) is 5.92 Å². The average Bonchev–Trinajstić information content (AvgIpc) is 2.96. The van der Waals surface area contributed by atoms with E-state index in [9.17, 15) is 9.59 Å². The summed E-state index contributed by atoms with van der Waals surface area (Å²) in [6.07, 6.45) is 4.47. The molecule has 1 saturated carbocycles. The molecule has 9 heteroatoms. The van der Waals surface area contributed by atoms with Crippen LogP contribution in [0.5, 0.6) is 0 Å². The molecule has 6 nitrogen and oxygen atoms in total. The van der Waals surface area contributed by atoms with Crippen LogP contribution in [-0.4, -0.2) is 39.7 Å². The Hall–Kier alpha value is -0.800. The van der Waals surface area contributed by atoms with Gasteiger partial charge in [-0.1, -0.05) is 61.5 Å². The van der Waals surface area contributed by atoms with Crippen LogP contribution in [0.2, 0.25) is 0 Å². The van der Waals surface area contributed by atoms with Crippen LogP contribution in [0.15, 0.2) is 8.68 Å². The number of thioether (sulfide) groups is 2. The fourth-order valence-electron chi connectivity index (χ4n) is 2.46. The highest BCUT2D eigenvalue weighted by molar-refractivity contribution is 8.03. The van der Waals surface area contributed by atoms with Crippen LogP contribution in [0, 0.1) is 5.92 Å². The Balaban J connectivity index is 1.70. The third-order valence-electron chi connectivity index (χ3n) is 3.66. The Morgan fingerprint density at radius 2 is 1.91 bits per heavy atom. The summed E-state index contributed by atoms with van der Waals surface area (Å²) in [6.45, 7) is 4.20. The molecule has 1 aromatic rings. The number of hydrogen-bond acceptors (Lipinski definition) is 7. The van der Waals surface area contributed by atoms with E-state index in [1.54, 1.807) is 11.8 Å². The van der Waals surface area contributed by atoms with Crippen LogP contribution in [0.3, 0.4) is 0 Å². The van der Waals surface area contributed by atoms with Crippen molar-refractivity contribution in [3.05, 3.63) is 0 Å². The lowest BCUT2D eigenvalue weighted by Gasteiger charge is -2.29. The molecule has 0 unspecified atom stereocenters. The number of hydrogen-bond donors (Lipinski definition) is 2. The quantitative estimate of drug-likeness (QED) is 0.744. The molecule has 0 spiro atoms. The fraction of sp³-hybridized carbons (Fsp3) is 0.714. The molecule has 128 valence electrons. The molecule has 1 aliphatic rings. The second-order valence-electron chi connectivity index (χ2n) is 5.45. The van der Waals surface area contributed by atoms with Crippen molar-refractivity contribution in [1.29, 1.82) is 0 Å². The van der Waals surface area contributed by atoms with Gasteiger partial charge in [-0.3, -0.25) is 10.1 Å². The topological polar surface area (TPSA) is 84.0 Å². The van der Waals surface area contributed by atoms with Crippen LogP contribution in [0.4, 0.5) is 4.79 Å². The molecule has 1 aliphatic carbocycles. The van der Waals surface area contributed by atoms with Gasteiger partial charge in [0.25, 0.3) is 0 Å². The Bertz CT molecular complexity index is 538. The zero-order chi connectivity index (χ0) is 16.7. The third-order valence-corrected chi connectivity index (χ3v) is 6.74. The molecule has 2 rings (SSSR count). The monoisotopic (exact) mass is 374 g/mol. The first kappa shape index (κ1) is 18.5. The Morgan fingerprint density at radius 3 is 2.61 bits per heavy atom. The minimum atomic E-state index is -0.395. The van der Waals surface area contributed by atoms with Gasteiger partial charge in [-0.05, 0) is 24.5 Å². The number of nitrogens with one attached hydrogen (secondary N) is 2. The van der Waals surface area contributed by atoms with Crippen molar-refractivity contribution < 1.29 is 9.59 Å². The summed E-state index contributed by atoms with van der Waals surface area (Å²) in [5, 5.41) is 13.4. The number of rotatable bonds is 6. The van der Waals surface area contributed by atoms with Gasteiger partial charge < -0.3 is 5.32 Å². The van der Waals surface area contributed by atoms with E-state index in [4.69, 9.17) is 0 Å². The summed E-state index contributed by atoms with van der Waals surface area (Å²) in [5.41, 5.74) is 0. The predicted molar refractivity (Wildman–Crippen MR) is 95.1 cm³/mol. The summed E-state index contributed by atoms with van der Waals surface area (Å²) in [7, 11) is 0. The van der Waals surface area contributed by atoms with Crippen molar-refractivity contribution in [3.8, 4) is 0 Å². The molecule has 0 aliphatic heterocycles. The van der Waals surface area contributed by atoms with E-state index in [1.165, 1.54) is 29.5 Å². The summed E-state index contributed by atoms with van der Waals surface area (Å²) in [4.78, 5) is 23.7. The standard InChI is InChI=1S/C14H22N4O2S3/c1-3-21-13-17-18-14(23-13)22-8-11(19)16-12(20)15-10-7-5-4-6-9(10)2/h9-10H,3-8H2,1-2H3,(H2,15,16,19,20)/t9-,10+/m1/s1. The minimum absolute atomic E-state index is 0.166. The van der Waals surface area contributed by atoms with Crippen molar-refractivity contribution in [2.24, 2.45) is 5.92 Å². The molecule has 23 heavy (non-hydrogen) atoms. The zero-order valence-corrected chi connectivity index (χ0v) is 15.8. The van der Waals surface area contributed by atoms with Gasteiger partial charge in [-0.2, -0.15) is 0 Å². The minimum Gasteiger partial charge on any atom is -0.335 e. The smallest absolute Gasteiger partial charge is 0.321 e. The van der Waals surface area contributed by atoms with Gasteiger partial charge in [0.1, 0.15) is 0 Å². The first-order chi connectivity index (χ1) is 11.1. The first-order valence-corrected chi connectivity index (χ1v) is 10.6. The largest absolute Gasteiger partial charge is 0.335 e. The lowest BCUT2D eigenvalue weighted by atomic mass is 9.86. The van der Waals surface area contributed by atoms with Crippen molar-refractivity contribution in [2.45, 2.75) is 54.3 Å². The number of urea groups is 1. The maximum atomic E-state index is 11.9. The Morgan fingerprint density at radius 1 is 1.22 bits per heavy atom. The number of carbonyl (C=O) groups is 2. The average molecular weight is 375 g/mol. The molecule has 0 radical (unpaired) electrons. The van der Waals surface area contributed by atoms with Crippen LogP contribution in [0.25, 0.3) is 0 Å². The lowest BCUT2D eigenvalue weighted by molar-refractivity contribution is -0.117. The molecule has 1 aromatic heterocycles. The van der Waals surface area contributed by atoms with Crippen molar-refractivity contribution in [2.75, 3.05) is 11.5 Å². The van der Waals surface area contributed by atoms with Crippen LogP contribution in [-0.2, 0) is 4.79 Å². The van der Waals surface area contributed by atoms with E-state index in [0.717, 1.165) is 33.7 Å². The van der Waals surface area contributed by atoms with Crippen molar-refractivity contribution in [3.63, 3.8) is 0 Å². The molecule has 1 heterocycles. The normalized spacial score (nSPS) is 21.0. The van der Waals surface area contributed by atoms with Crippen LogP contribution >= 0.6 is 34.9 Å². The molecule has 0 aromatic carbocycles. The van der Waals surface area contributed by atoms with E-state index in [-0.39, 0.29) is 17.7 Å². The van der Waals surface area contributed by atoms with E-state index < -0.39 is 6.03 Å². The SMILES string of the molecule is CCSc1nnc(SCC(=O)NC(=O)N[C@H]2CCCC[C@H]2C)s1. The summed E-state index contributed by atoms with van der Waals surface area (Å²) in [5.74, 6) is 1.27. The number of carbonyl (C=O) groups excluding carboxylic acids is 2. The molecule has 3 amide bonds. The highest BCUT2D eigenvalue weighted by Crippen LogP contribution is 2.28. The molecule has 2 N–H and O–H groups in total. The van der Waals surface area contributed by atoms with Gasteiger partial charge in [0, 0.05) is 6.04 Å². The van der Waals surface area contributed by atoms with Gasteiger partial charge in [0.05, 0.1) is 5.75 Å². The number of imide groups is 1. The summed E-state index contributed by atoms with van der Waals surface area (Å²) < 4.78 is 1.65. The zero-order valence-electron chi connectivity index (χ0n) is 13.3. The van der Waals surface area contributed by atoms with Gasteiger partial charge in [0.2, 0.25) is 5.91 Å². The van der Waals surface area contributed by atoms with Gasteiger partial charge in [-0.25, -0.2) is 4.79 Å².